The predicted molar refractivity (Wildman–Crippen MR) is 127 cm³/mol. The highest BCUT2D eigenvalue weighted by molar-refractivity contribution is 6.04. The fourth-order valence-corrected chi connectivity index (χ4v) is 4.44. The quantitative estimate of drug-likeness (QED) is 0.397. The maximum atomic E-state index is 15.0. The summed E-state index contributed by atoms with van der Waals surface area (Å²) in [6.45, 7) is 7.94. The van der Waals surface area contributed by atoms with Crippen molar-refractivity contribution in [1.29, 1.82) is 0 Å². The maximum absolute atomic E-state index is 15.0. The van der Waals surface area contributed by atoms with Crippen LogP contribution in [0.1, 0.15) is 32.7 Å². The average molecular weight is 450 g/mol. The molecular weight excluding hydrogens is 421 g/mol. The number of likely N-dealkylation sites (tertiary alicyclic amines) is 1. The minimum Gasteiger partial charge on any atom is -0.478 e. The van der Waals surface area contributed by atoms with Crippen LogP contribution in [-0.2, 0) is 7.05 Å². The van der Waals surface area contributed by atoms with Gasteiger partial charge in [0.2, 0.25) is 5.88 Å². The summed E-state index contributed by atoms with van der Waals surface area (Å²) in [5.74, 6) is 0.151. The summed E-state index contributed by atoms with van der Waals surface area (Å²) in [6.07, 6.45) is 5.51. The molecule has 0 aliphatic carbocycles. The molecule has 0 radical (unpaired) electrons. The smallest absolute Gasteiger partial charge is 0.329 e. The number of imidazole rings is 1. The Kier molecular flexibility index (Phi) is 5.62. The van der Waals surface area contributed by atoms with Crippen LogP contribution in [0.3, 0.4) is 0 Å². The average Bonchev–Trinajstić information content (AvgIpc) is 3.03. The van der Waals surface area contributed by atoms with E-state index in [1.807, 2.05) is 19.9 Å². The predicted octanol–water partition coefficient (Wildman–Crippen LogP) is 4.14. The first-order valence-corrected chi connectivity index (χ1v) is 11.4. The number of aromatic nitrogens is 4. The van der Waals surface area contributed by atoms with Gasteiger partial charge in [-0.3, -0.25) is 14.1 Å². The molecule has 0 atom stereocenters. The molecule has 0 N–H and O–H groups in total. The van der Waals surface area contributed by atoms with Crippen molar-refractivity contribution >= 4 is 21.9 Å². The Morgan fingerprint density at radius 3 is 2.64 bits per heavy atom. The van der Waals surface area contributed by atoms with E-state index >= 15 is 4.39 Å². The number of rotatable bonds is 7. The van der Waals surface area contributed by atoms with Gasteiger partial charge in [0.15, 0.2) is 0 Å². The zero-order valence-corrected chi connectivity index (χ0v) is 19.2. The molecule has 0 unspecified atom stereocenters. The van der Waals surface area contributed by atoms with Gasteiger partial charge in [0.25, 0.3) is 0 Å². The van der Waals surface area contributed by atoms with Gasteiger partial charge in [0, 0.05) is 54.5 Å². The van der Waals surface area contributed by atoms with E-state index in [1.54, 1.807) is 40.7 Å². The summed E-state index contributed by atoms with van der Waals surface area (Å²) < 4.78 is 24.1. The monoisotopic (exact) mass is 449 g/mol. The maximum Gasteiger partial charge on any atom is 0.329 e. The van der Waals surface area contributed by atoms with E-state index in [2.05, 4.69) is 14.9 Å². The van der Waals surface area contributed by atoms with Crippen LogP contribution < -0.4 is 10.4 Å². The summed E-state index contributed by atoms with van der Waals surface area (Å²) in [5, 5.41) is 0.738. The van der Waals surface area contributed by atoms with E-state index < -0.39 is 0 Å². The summed E-state index contributed by atoms with van der Waals surface area (Å²) in [4.78, 5) is 24.0. The Morgan fingerprint density at radius 2 is 1.97 bits per heavy atom. The molecule has 4 aromatic rings. The molecule has 0 saturated carbocycles. The molecule has 1 aromatic carbocycles. The lowest BCUT2D eigenvalue weighted by molar-refractivity contribution is 0.164. The highest BCUT2D eigenvalue weighted by Gasteiger charge is 2.19. The van der Waals surface area contributed by atoms with E-state index in [0.717, 1.165) is 29.4 Å². The van der Waals surface area contributed by atoms with Gasteiger partial charge in [-0.15, -0.1) is 0 Å². The van der Waals surface area contributed by atoms with Gasteiger partial charge in [0.1, 0.15) is 5.82 Å². The molecule has 3 aromatic heterocycles. The second kappa shape index (κ2) is 8.59. The third kappa shape index (κ3) is 3.88. The van der Waals surface area contributed by atoms with Crippen LogP contribution in [0.2, 0.25) is 0 Å². The van der Waals surface area contributed by atoms with E-state index in [4.69, 9.17) is 4.74 Å². The second-order valence-corrected chi connectivity index (χ2v) is 8.93. The van der Waals surface area contributed by atoms with Crippen molar-refractivity contribution in [2.45, 2.75) is 32.7 Å². The van der Waals surface area contributed by atoms with Crippen LogP contribution in [0, 0.1) is 5.82 Å². The first kappa shape index (κ1) is 21.6. The van der Waals surface area contributed by atoms with Crippen LogP contribution in [-0.4, -0.2) is 50.2 Å². The Balaban J connectivity index is 1.47. The normalized spacial score (nSPS) is 14.3. The lowest BCUT2D eigenvalue weighted by Gasteiger charge is -2.30. The van der Waals surface area contributed by atoms with Gasteiger partial charge in [0.05, 0.1) is 29.4 Å². The Labute approximate surface area is 191 Å². The fourth-order valence-electron chi connectivity index (χ4n) is 4.44. The van der Waals surface area contributed by atoms with Crippen molar-refractivity contribution in [1.82, 2.24) is 24.0 Å². The number of nitrogens with zero attached hydrogens (tertiary/aromatic N) is 5. The number of halogens is 1. The summed E-state index contributed by atoms with van der Waals surface area (Å²) in [7, 11) is 1.73. The van der Waals surface area contributed by atoms with Crippen molar-refractivity contribution in [3.8, 4) is 17.0 Å². The lowest BCUT2D eigenvalue weighted by atomic mass is 10.0. The first-order chi connectivity index (χ1) is 15.9. The van der Waals surface area contributed by atoms with Crippen LogP contribution in [0.4, 0.5) is 4.39 Å². The molecule has 172 valence electrons. The Morgan fingerprint density at radius 1 is 1.15 bits per heavy atom. The third-order valence-corrected chi connectivity index (χ3v) is 6.39. The number of ether oxygens (including phenoxy) is 1. The summed E-state index contributed by atoms with van der Waals surface area (Å²) in [6, 6.07) is 6.74. The van der Waals surface area contributed by atoms with Crippen LogP contribution in [0.5, 0.6) is 5.88 Å². The number of hydrogen-bond acceptors (Lipinski definition) is 5. The highest BCUT2D eigenvalue weighted by atomic mass is 19.1. The number of fused-ring (bicyclic) bond motifs is 3. The SMILES string of the molecule is CC(C)n1c(=O)n(C)c2cnc3cc(F)c(-c4ccc(OCCCN5CCC5)nc4)cc3c21. The molecule has 0 bridgehead atoms. The summed E-state index contributed by atoms with van der Waals surface area (Å²) in [5.41, 5.74) is 2.95. The molecule has 0 spiro atoms. The van der Waals surface area contributed by atoms with Gasteiger partial charge >= 0.3 is 5.69 Å². The molecule has 1 aliphatic rings. The van der Waals surface area contributed by atoms with E-state index in [1.165, 1.54) is 25.6 Å². The number of hydrogen-bond donors (Lipinski definition) is 0. The minimum absolute atomic E-state index is 0.0421. The van der Waals surface area contributed by atoms with Crippen molar-refractivity contribution in [2.24, 2.45) is 7.05 Å². The third-order valence-electron chi connectivity index (χ3n) is 6.39. The summed E-state index contributed by atoms with van der Waals surface area (Å²) >= 11 is 0. The molecule has 0 amide bonds. The molecule has 5 rings (SSSR count). The van der Waals surface area contributed by atoms with E-state index in [9.17, 15) is 4.79 Å². The Bertz CT molecular complexity index is 1370. The molecule has 33 heavy (non-hydrogen) atoms. The lowest BCUT2D eigenvalue weighted by Crippen LogP contribution is -2.38. The molecule has 1 fully saturated rings. The zero-order chi connectivity index (χ0) is 23.1. The molecule has 1 saturated heterocycles. The van der Waals surface area contributed by atoms with Crippen molar-refractivity contribution in [2.75, 3.05) is 26.2 Å². The Hall–Kier alpha value is -3.26. The highest BCUT2D eigenvalue weighted by Crippen LogP contribution is 2.32. The van der Waals surface area contributed by atoms with E-state index in [-0.39, 0.29) is 17.5 Å². The number of pyridine rings is 2. The van der Waals surface area contributed by atoms with Gasteiger partial charge in [-0.05, 0) is 51.9 Å². The van der Waals surface area contributed by atoms with Gasteiger partial charge in [-0.2, -0.15) is 0 Å². The molecular formula is C25H28FN5O2. The molecule has 4 heterocycles. The molecule has 7 nitrogen and oxygen atoms in total. The van der Waals surface area contributed by atoms with E-state index in [0.29, 0.717) is 29.1 Å². The van der Waals surface area contributed by atoms with Crippen molar-refractivity contribution in [3.05, 3.63) is 53.0 Å². The van der Waals surface area contributed by atoms with Gasteiger partial charge < -0.3 is 9.64 Å². The fraction of sp³-hybridized carbons (Fsp3) is 0.400. The largest absolute Gasteiger partial charge is 0.478 e. The topological polar surface area (TPSA) is 65.2 Å². The second-order valence-electron chi connectivity index (χ2n) is 8.93. The number of benzene rings is 1. The van der Waals surface area contributed by atoms with Crippen molar-refractivity contribution in [3.63, 3.8) is 0 Å². The molecule has 8 heteroatoms. The first-order valence-electron chi connectivity index (χ1n) is 11.4. The molecule has 1 aliphatic heterocycles. The standard InChI is InChI=1S/C25H28FN5O2/c1-16(2)31-24-19-12-18(20(26)13-21(19)27-15-22(24)29(3)25(31)32)17-6-7-23(28-14-17)33-11-5-10-30-8-4-9-30/h6-7,12-16H,4-5,8-11H2,1-3H3. The number of aryl methyl sites for hydroxylation is 1. The van der Waals surface area contributed by atoms with Crippen LogP contribution in [0.15, 0.2) is 41.5 Å². The zero-order valence-electron chi connectivity index (χ0n) is 19.2. The minimum atomic E-state index is -0.381. The van der Waals surface area contributed by atoms with Gasteiger partial charge in [-0.25, -0.2) is 14.2 Å². The van der Waals surface area contributed by atoms with Crippen LogP contribution >= 0.6 is 0 Å². The van der Waals surface area contributed by atoms with Crippen molar-refractivity contribution < 1.29 is 9.13 Å². The van der Waals surface area contributed by atoms with Gasteiger partial charge in [-0.1, -0.05) is 0 Å². The van der Waals surface area contributed by atoms with Crippen LogP contribution in [0.25, 0.3) is 33.1 Å².